The van der Waals surface area contributed by atoms with Gasteiger partial charge >= 0.3 is 0 Å². The zero-order valence-electron chi connectivity index (χ0n) is 13.8. The van der Waals surface area contributed by atoms with Crippen LogP contribution in [0.2, 0.25) is 0 Å². The van der Waals surface area contributed by atoms with Gasteiger partial charge in [0, 0.05) is 31.9 Å². The van der Waals surface area contributed by atoms with Gasteiger partial charge in [0.1, 0.15) is 0 Å². The molecule has 2 rings (SSSR count). The molecular weight excluding hydrogens is 264 g/mol. The molecular formula is C17H30N2S. The molecule has 0 amide bonds. The highest BCUT2D eigenvalue weighted by molar-refractivity contribution is 7.98. The number of nitrogens with zero attached hydrogens (tertiary/aromatic N) is 2. The van der Waals surface area contributed by atoms with Crippen LogP contribution in [0.15, 0.2) is 18.2 Å². The van der Waals surface area contributed by atoms with Gasteiger partial charge in [0.25, 0.3) is 0 Å². The lowest BCUT2D eigenvalue weighted by molar-refractivity contribution is 0.312. The van der Waals surface area contributed by atoms with Gasteiger partial charge in [-0.15, -0.1) is 0 Å². The first-order chi connectivity index (χ1) is 9.58. The highest BCUT2D eigenvalue weighted by Gasteiger charge is 2.15. The zero-order valence-corrected chi connectivity index (χ0v) is 14.6. The normalized spacial score (nSPS) is 15.8. The number of hydrogen-bond acceptors (Lipinski definition) is 3. The fraction of sp³-hybridized carbons (Fsp3) is 0.647. The zero-order chi connectivity index (χ0) is 15.0. The van der Waals surface area contributed by atoms with E-state index >= 15 is 0 Å². The molecule has 1 aliphatic heterocycles. The molecule has 0 bridgehead atoms. The summed E-state index contributed by atoms with van der Waals surface area (Å²) in [6.07, 6.45) is 3.44. The Morgan fingerprint density at radius 3 is 2.25 bits per heavy atom. The van der Waals surface area contributed by atoms with Gasteiger partial charge in [0.05, 0.1) is 0 Å². The second-order valence-electron chi connectivity index (χ2n) is 5.57. The Kier molecular flexibility index (Phi) is 8.08. The Morgan fingerprint density at radius 2 is 1.75 bits per heavy atom. The second-order valence-corrected chi connectivity index (χ2v) is 6.56. The molecule has 0 aliphatic carbocycles. The van der Waals surface area contributed by atoms with Crippen LogP contribution < -0.4 is 4.90 Å². The molecule has 2 nitrogen and oxygen atoms in total. The first-order valence-electron chi connectivity index (χ1n) is 7.58. The molecule has 0 radical (unpaired) electrons. The molecule has 1 aliphatic rings. The highest BCUT2D eigenvalue weighted by Crippen LogP contribution is 2.22. The minimum atomic E-state index is 1.15. The van der Waals surface area contributed by atoms with Crippen LogP contribution in [0.25, 0.3) is 0 Å². The van der Waals surface area contributed by atoms with E-state index in [1.165, 1.54) is 42.1 Å². The van der Waals surface area contributed by atoms with Crippen LogP contribution in [-0.2, 0) is 0 Å². The second kappa shape index (κ2) is 9.30. The lowest BCUT2D eigenvalue weighted by Gasteiger charge is -2.35. The van der Waals surface area contributed by atoms with E-state index in [0.29, 0.717) is 0 Å². The number of piperazine rings is 1. The highest BCUT2D eigenvalue weighted by atomic mass is 32.2. The molecule has 3 heteroatoms. The molecule has 0 atom stereocenters. The van der Waals surface area contributed by atoms with Crippen LogP contribution in [0.4, 0.5) is 5.69 Å². The van der Waals surface area contributed by atoms with Crippen molar-refractivity contribution < 1.29 is 0 Å². The fourth-order valence-corrected chi connectivity index (χ4v) is 2.72. The maximum absolute atomic E-state index is 2.50. The molecule has 1 fully saturated rings. The molecule has 1 aromatic carbocycles. The Morgan fingerprint density at radius 1 is 1.10 bits per heavy atom. The molecule has 1 aromatic rings. The number of anilines is 1. The average Bonchev–Trinajstić information content (AvgIpc) is 2.44. The van der Waals surface area contributed by atoms with Crippen molar-refractivity contribution in [3.8, 4) is 0 Å². The summed E-state index contributed by atoms with van der Waals surface area (Å²) >= 11 is 1.90. The molecule has 0 saturated carbocycles. The molecule has 0 N–H and O–H groups in total. The first-order valence-corrected chi connectivity index (χ1v) is 8.97. The summed E-state index contributed by atoms with van der Waals surface area (Å²) in [5.41, 5.74) is 4.17. The Hall–Kier alpha value is -0.670. The van der Waals surface area contributed by atoms with E-state index in [-0.39, 0.29) is 0 Å². The fourth-order valence-electron chi connectivity index (χ4n) is 2.31. The average molecular weight is 295 g/mol. The van der Waals surface area contributed by atoms with E-state index in [2.05, 4.69) is 62.1 Å². The summed E-state index contributed by atoms with van der Waals surface area (Å²) in [6, 6.07) is 6.72. The molecule has 0 aromatic heterocycles. The van der Waals surface area contributed by atoms with Gasteiger partial charge in [0.2, 0.25) is 0 Å². The number of benzene rings is 1. The smallest absolute Gasteiger partial charge is 0.0399 e. The molecule has 20 heavy (non-hydrogen) atoms. The SMILES string of the molecule is CCCSC.Cc1ccc(C)c(N2CCN(C)CC2)c1. The standard InChI is InChI=1S/C13H20N2.C4H10S/c1-11-4-5-12(2)13(10-11)15-8-6-14(3)7-9-15;1-3-4-5-2/h4-5,10H,6-9H2,1-3H3;3-4H2,1-2H3. The number of thioether (sulfide) groups is 1. The molecule has 0 spiro atoms. The predicted octanol–water partition coefficient (Wildman–Crippen LogP) is 3.81. The third-order valence-corrected chi connectivity index (χ3v) is 4.43. The quantitative estimate of drug-likeness (QED) is 0.837. The summed E-state index contributed by atoms with van der Waals surface area (Å²) in [5, 5.41) is 0. The summed E-state index contributed by atoms with van der Waals surface area (Å²) in [5.74, 6) is 1.31. The Labute approximate surface area is 129 Å². The lowest BCUT2D eigenvalue weighted by Crippen LogP contribution is -2.44. The third-order valence-electron chi connectivity index (χ3n) is 3.62. The maximum atomic E-state index is 2.50. The van der Waals surface area contributed by atoms with Gasteiger partial charge in [-0.2, -0.15) is 11.8 Å². The van der Waals surface area contributed by atoms with Gasteiger partial charge in [-0.1, -0.05) is 19.1 Å². The maximum Gasteiger partial charge on any atom is 0.0399 e. The molecule has 1 heterocycles. The van der Waals surface area contributed by atoms with Crippen molar-refractivity contribution in [2.24, 2.45) is 0 Å². The molecule has 1 saturated heterocycles. The van der Waals surface area contributed by atoms with Crippen LogP contribution in [0.3, 0.4) is 0 Å². The third kappa shape index (κ3) is 5.76. The van der Waals surface area contributed by atoms with E-state index < -0.39 is 0 Å². The number of rotatable bonds is 3. The van der Waals surface area contributed by atoms with Crippen molar-refractivity contribution in [3.63, 3.8) is 0 Å². The van der Waals surface area contributed by atoms with E-state index in [4.69, 9.17) is 0 Å². The van der Waals surface area contributed by atoms with Gasteiger partial charge in [-0.05, 0) is 56.5 Å². The van der Waals surface area contributed by atoms with E-state index in [1.54, 1.807) is 0 Å². The summed E-state index contributed by atoms with van der Waals surface area (Å²) in [4.78, 5) is 4.89. The van der Waals surface area contributed by atoms with Crippen LogP contribution in [0, 0.1) is 13.8 Å². The van der Waals surface area contributed by atoms with Crippen molar-refractivity contribution >= 4 is 17.4 Å². The molecule has 114 valence electrons. The minimum Gasteiger partial charge on any atom is -0.369 e. The number of likely N-dealkylation sites (N-methyl/N-ethyl adjacent to an activating group) is 1. The lowest BCUT2D eigenvalue weighted by atomic mass is 10.1. The summed E-state index contributed by atoms with van der Waals surface area (Å²) in [7, 11) is 2.19. The number of aryl methyl sites for hydroxylation is 2. The number of hydrogen-bond donors (Lipinski definition) is 0. The van der Waals surface area contributed by atoms with Crippen molar-refractivity contribution in [1.29, 1.82) is 0 Å². The van der Waals surface area contributed by atoms with Crippen LogP contribution in [0.1, 0.15) is 24.5 Å². The van der Waals surface area contributed by atoms with Gasteiger partial charge in [-0.25, -0.2) is 0 Å². The van der Waals surface area contributed by atoms with Crippen LogP contribution in [-0.4, -0.2) is 50.1 Å². The monoisotopic (exact) mass is 294 g/mol. The summed E-state index contributed by atoms with van der Waals surface area (Å²) in [6.45, 7) is 11.2. The van der Waals surface area contributed by atoms with Crippen molar-refractivity contribution in [2.75, 3.05) is 50.1 Å². The first kappa shape index (κ1) is 17.4. The van der Waals surface area contributed by atoms with Crippen molar-refractivity contribution in [1.82, 2.24) is 4.90 Å². The Bertz CT molecular complexity index is 383. The summed E-state index contributed by atoms with van der Waals surface area (Å²) < 4.78 is 0. The predicted molar refractivity (Wildman–Crippen MR) is 94.3 cm³/mol. The van der Waals surface area contributed by atoms with Gasteiger partial charge in [0.15, 0.2) is 0 Å². The van der Waals surface area contributed by atoms with Crippen LogP contribution in [0.5, 0.6) is 0 Å². The molecule has 0 unspecified atom stereocenters. The van der Waals surface area contributed by atoms with Gasteiger partial charge in [-0.3, -0.25) is 0 Å². The van der Waals surface area contributed by atoms with E-state index in [9.17, 15) is 0 Å². The van der Waals surface area contributed by atoms with Crippen LogP contribution >= 0.6 is 11.8 Å². The van der Waals surface area contributed by atoms with Gasteiger partial charge < -0.3 is 9.80 Å². The van der Waals surface area contributed by atoms with Crippen molar-refractivity contribution in [2.45, 2.75) is 27.2 Å². The largest absolute Gasteiger partial charge is 0.369 e. The van der Waals surface area contributed by atoms with Crippen molar-refractivity contribution in [3.05, 3.63) is 29.3 Å². The minimum absolute atomic E-state index is 1.15. The van der Waals surface area contributed by atoms with E-state index in [0.717, 1.165) is 13.1 Å². The topological polar surface area (TPSA) is 6.48 Å². The van der Waals surface area contributed by atoms with E-state index in [1.807, 2.05) is 11.8 Å². The Balaban J connectivity index is 0.000000347.